The van der Waals surface area contributed by atoms with Crippen LogP contribution in [0, 0.1) is 0 Å². The van der Waals surface area contributed by atoms with E-state index in [4.69, 9.17) is 0 Å². The number of halogens is 3. The largest absolute Gasteiger partial charge is 0.462 e. The number of H-pyrrole nitrogens is 1. The molecule has 1 heterocycles. The summed E-state index contributed by atoms with van der Waals surface area (Å²) in [4.78, 5) is 11.6. The van der Waals surface area contributed by atoms with E-state index in [9.17, 15) is 26.4 Å². The van der Waals surface area contributed by atoms with Gasteiger partial charge in [0.05, 0.1) is 19.2 Å². The van der Waals surface area contributed by atoms with Gasteiger partial charge in [0.2, 0.25) is 0 Å². The molecule has 11 heteroatoms. The Hall–Kier alpha value is -1.62. The van der Waals surface area contributed by atoms with Crippen LogP contribution in [0.5, 0.6) is 0 Å². The van der Waals surface area contributed by atoms with Crippen LogP contribution in [-0.4, -0.2) is 55.3 Å². The Morgan fingerprint density at radius 2 is 2.10 bits per heavy atom. The number of hydrogen-bond acceptors (Lipinski definition) is 5. The molecule has 0 aromatic carbocycles. The first-order chi connectivity index (χ1) is 9.59. The van der Waals surface area contributed by atoms with Crippen LogP contribution in [0.25, 0.3) is 0 Å². The molecule has 0 radical (unpaired) electrons. The lowest BCUT2D eigenvalue weighted by atomic mass is 10.4. The average molecular weight is 329 g/mol. The van der Waals surface area contributed by atoms with Crippen molar-refractivity contribution in [3.63, 3.8) is 0 Å². The number of rotatable bonds is 6. The maximum absolute atomic E-state index is 12.1. The van der Waals surface area contributed by atoms with Gasteiger partial charge in [-0.2, -0.15) is 22.6 Å². The van der Waals surface area contributed by atoms with Crippen LogP contribution >= 0.6 is 0 Å². The predicted octanol–water partition coefficient (Wildman–Crippen LogP) is 1.16. The Morgan fingerprint density at radius 3 is 2.62 bits per heavy atom. The van der Waals surface area contributed by atoms with Gasteiger partial charge in [-0.1, -0.05) is 0 Å². The quantitative estimate of drug-likeness (QED) is 0.791. The van der Waals surface area contributed by atoms with Crippen molar-refractivity contribution in [1.29, 1.82) is 0 Å². The highest BCUT2D eigenvalue weighted by atomic mass is 32.2. The normalized spacial score (nSPS) is 12.7. The summed E-state index contributed by atoms with van der Waals surface area (Å²) in [6.45, 7) is 0.780. The number of nitrogens with zero attached hydrogens (tertiary/aromatic N) is 2. The predicted molar refractivity (Wildman–Crippen MR) is 65.0 cm³/mol. The third kappa shape index (κ3) is 4.43. The van der Waals surface area contributed by atoms with Crippen LogP contribution in [-0.2, 0) is 14.8 Å². The number of carbonyl (C=O) groups excluding carboxylic acids is 1. The number of nitrogens with one attached hydrogen (secondary N) is 1. The van der Waals surface area contributed by atoms with Gasteiger partial charge in [-0.05, 0) is 6.92 Å². The van der Waals surface area contributed by atoms with E-state index in [1.165, 1.54) is 6.92 Å². The Morgan fingerprint density at radius 1 is 1.48 bits per heavy atom. The van der Waals surface area contributed by atoms with E-state index in [0.717, 1.165) is 13.2 Å². The van der Waals surface area contributed by atoms with Crippen LogP contribution in [0.3, 0.4) is 0 Å². The highest BCUT2D eigenvalue weighted by Gasteiger charge is 2.33. The van der Waals surface area contributed by atoms with Crippen molar-refractivity contribution >= 4 is 16.0 Å². The SMILES string of the molecule is CCOC(=O)c1cn[nH]c1S(=O)(=O)N(C)CCC(F)(F)F. The standard InChI is InChI=1S/C10H14F3N3O4S/c1-3-20-9(17)7-6-14-15-8(7)21(18,19)16(2)5-4-10(11,12)13/h6H,3-5H2,1-2H3,(H,14,15). The number of sulfonamides is 1. The molecule has 120 valence electrons. The number of carbonyl (C=O) groups is 1. The van der Waals surface area contributed by atoms with Crippen molar-refractivity contribution in [3.8, 4) is 0 Å². The lowest BCUT2D eigenvalue weighted by Gasteiger charge is -2.17. The molecule has 0 bridgehead atoms. The van der Waals surface area contributed by atoms with Gasteiger partial charge in [0.15, 0.2) is 5.03 Å². The van der Waals surface area contributed by atoms with Gasteiger partial charge < -0.3 is 4.74 Å². The highest BCUT2D eigenvalue weighted by Crippen LogP contribution is 2.22. The summed E-state index contributed by atoms with van der Waals surface area (Å²) < 4.78 is 65.8. The van der Waals surface area contributed by atoms with E-state index >= 15 is 0 Å². The minimum Gasteiger partial charge on any atom is -0.462 e. The Kier molecular flexibility index (Phi) is 5.34. The lowest BCUT2D eigenvalue weighted by Crippen LogP contribution is -2.32. The molecular formula is C10H14F3N3O4S. The zero-order chi connectivity index (χ0) is 16.3. The minimum absolute atomic E-state index is 0.0212. The molecule has 0 aliphatic rings. The molecule has 0 atom stereocenters. The van der Waals surface area contributed by atoms with Crippen LogP contribution in [0.4, 0.5) is 13.2 Å². The van der Waals surface area contributed by atoms with Crippen molar-refractivity contribution in [2.24, 2.45) is 0 Å². The molecule has 0 spiro atoms. The molecule has 0 saturated carbocycles. The van der Waals surface area contributed by atoms with Gasteiger partial charge in [0.25, 0.3) is 10.0 Å². The molecule has 0 aliphatic carbocycles. The van der Waals surface area contributed by atoms with E-state index in [1.807, 2.05) is 0 Å². The molecule has 7 nitrogen and oxygen atoms in total. The van der Waals surface area contributed by atoms with Crippen molar-refractivity contribution in [2.75, 3.05) is 20.2 Å². The van der Waals surface area contributed by atoms with Gasteiger partial charge >= 0.3 is 12.1 Å². The molecule has 0 unspecified atom stereocenters. The smallest absolute Gasteiger partial charge is 0.390 e. The third-order valence-electron chi connectivity index (χ3n) is 2.48. The Bertz CT molecular complexity index is 597. The fourth-order valence-electron chi connectivity index (χ4n) is 1.39. The summed E-state index contributed by atoms with van der Waals surface area (Å²) >= 11 is 0. The van der Waals surface area contributed by atoms with Gasteiger partial charge in [-0.3, -0.25) is 5.10 Å². The molecule has 1 aromatic rings. The molecule has 1 aromatic heterocycles. The molecule has 0 amide bonds. The lowest BCUT2D eigenvalue weighted by molar-refractivity contribution is -0.135. The molecule has 1 N–H and O–H groups in total. The minimum atomic E-state index is -4.48. The summed E-state index contributed by atoms with van der Waals surface area (Å²) in [6.07, 6.45) is -4.84. The fraction of sp³-hybridized carbons (Fsp3) is 0.600. The molecule has 1 rings (SSSR count). The highest BCUT2D eigenvalue weighted by molar-refractivity contribution is 7.89. The van der Waals surface area contributed by atoms with Gasteiger partial charge in [-0.25, -0.2) is 13.2 Å². The molecule has 0 saturated heterocycles. The second-order valence-corrected chi connectivity index (χ2v) is 6.01. The zero-order valence-corrected chi connectivity index (χ0v) is 12.1. The van der Waals surface area contributed by atoms with Crippen LogP contribution in [0.15, 0.2) is 11.2 Å². The van der Waals surface area contributed by atoms with Gasteiger partial charge in [-0.15, -0.1) is 0 Å². The number of esters is 1. The summed E-state index contributed by atoms with van der Waals surface area (Å²) in [6, 6.07) is 0. The van der Waals surface area contributed by atoms with Gasteiger partial charge in [0, 0.05) is 13.6 Å². The molecular weight excluding hydrogens is 315 g/mol. The molecule has 21 heavy (non-hydrogen) atoms. The van der Waals surface area contributed by atoms with Crippen LogP contribution in [0.1, 0.15) is 23.7 Å². The topological polar surface area (TPSA) is 92.4 Å². The van der Waals surface area contributed by atoms with Crippen LogP contribution < -0.4 is 0 Å². The van der Waals surface area contributed by atoms with E-state index in [1.54, 1.807) is 0 Å². The number of aromatic nitrogens is 2. The van der Waals surface area contributed by atoms with Gasteiger partial charge in [0.1, 0.15) is 5.56 Å². The number of ether oxygens (including phenoxy) is 1. The first-order valence-corrected chi connectivity index (χ1v) is 7.27. The summed E-state index contributed by atoms with van der Waals surface area (Å²) in [5.74, 6) is -0.922. The zero-order valence-electron chi connectivity index (χ0n) is 11.3. The second kappa shape index (κ2) is 6.43. The van der Waals surface area contributed by atoms with E-state index in [0.29, 0.717) is 4.31 Å². The van der Waals surface area contributed by atoms with Crippen molar-refractivity contribution in [1.82, 2.24) is 14.5 Å². The number of aromatic amines is 1. The van der Waals surface area contributed by atoms with Crippen molar-refractivity contribution < 1.29 is 31.1 Å². The molecule has 0 fully saturated rings. The van der Waals surface area contributed by atoms with Crippen molar-refractivity contribution in [3.05, 3.63) is 11.8 Å². The first-order valence-electron chi connectivity index (χ1n) is 5.83. The van der Waals surface area contributed by atoms with E-state index < -0.39 is 40.2 Å². The summed E-state index contributed by atoms with van der Waals surface area (Å²) in [5, 5.41) is 4.94. The maximum atomic E-state index is 12.1. The summed E-state index contributed by atoms with van der Waals surface area (Å²) in [7, 11) is -3.31. The third-order valence-corrected chi connectivity index (χ3v) is 4.31. The van der Waals surface area contributed by atoms with E-state index in [-0.39, 0.29) is 12.2 Å². The monoisotopic (exact) mass is 329 g/mol. The Balaban J connectivity index is 2.98. The fourth-order valence-corrected chi connectivity index (χ4v) is 2.61. The summed E-state index contributed by atoms with van der Waals surface area (Å²) in [5.41, 5.74) is -0.351. The average Bonchev–Trinajstić information content (AvgIpc) is 2.85. The molecule has 0 aliphatic heterocycles. The Labute approximate surface area is 119 Å². The second-order valence-electron chi connectivity index (χ2n) is 4.03. The van der Waals surface area contributed by atoms with Crippen LogP contribution in [0.2, 0.25) is 0 Å². The maximum Gasteiger partial charge on any atom is 0.390 e. The van der Waals surface area contributed by atoms with E-state index in [2.05, 4.69) is 14.9 Å². The van der Waals surface area contributed by atoms with Crippen molar-refractivity contribution in [2.45, 2.75) is 24.5 Å². The first kappa shape index (κ1) is 17.4. The number of hydrogen-bond donors (Lipinski definition) is 1. The number of alkyl halides is 3.